The molecule has 0 saturated heterocycles. The molecule has 1 aliphatic heterocycles. The summed E-state index contributed by atoms with van der Waals surface area (Å²) in [6.45, 7) is 2.00. The molecular weight excluding hydrogens is 310 g/mol. The molecule has 2 aromatic rings. The lowest BCUT2D eigenvalue weighted by molar-refractivity contribution is -0.119. The van der Waals surface area contributed by atoms with Gasteiger partial charge in [0.05, 0.1) is 12.2 Å². The maximum absolute atomic E-state index is 12.3. The number of primary amides is 1. The van der Waals surface area contributed by atoms with Crippen LogP contribution in [0.2, 0.25) is 0 Å². The second kappa shape index (κ2) is 6.53. The topological polar surface area (TPSA) is 114 Å². The van der Waals surface area contributed by atoms with Crippen LogP contribution in [0, 0.1) is 6.92 Å². The van der Waals surface area contributed by atoms with Crippen molar-refractivity contribution in [3.05, 3.63) is 47.9 Å². The van der Waals surface area contributed by atoms with E-state index >= 15 is 0 Å². The summed E-state index contributed by atoms with van der Waals surface area (Å²) in [6.07, 6.45) is 0.161. The predicted molar refractivity (Wildman–Crippen MR) is 87.0 cm³/mol. The number of benzene rings is 1. The Balaban J connectivity index is 1.72. The Morgan fingerprint density at radius 2 is 2.12 bits per heavy atom. The van der Waals surface area contributed by atoms with Crippen molar-refractivity contribution >= 4 is 23.2 Å². The highest BCUT2D eigenvalue weighted by molar-refractivity contribution is 6.40. The molecular formula is C16H17N5O3. The molecule has 0 unspecified atom stereocenters. The molecule has 8 heteroatoms. The average molecular weight is 327 g/mol. The van der Waals surface area contributed by atoms with E-state index < -0.39 is 11.9 Å². The van der Waals surface area contributed by atoms with Gasteiger partial charge in [-0.2, -0.15) is 5.10 Å². The molecule has 24 heavy (non-hydrogen) atoms. The lowest BCUT2D eigenvalue weighted by atomic mass is 10.1. The van der Waals surface area contributed by atoms with Crippen molar-refractivity contribution < 1.29 is 14.1 Å². The Labute approximate surface area is 138 Å². The SMILES string of the molecule is Cc1cc(CNC(=O)C2=NN(c3ccccc3)[C@@H](C(N)=O)C2)no1. The van der Waals surface area contributed by atoms with Gasteiger partial charge in [0.2, 0.25) is 5.91 Å². The fraction of sp³-hybridized carbons (Fsp3) is 0.250. The number of hydrazone groups is 1. The van der Waals surface area contributed by atoms with Gasteiger partial charge in [0, 0.05) is 12.5 Å². The summed E-state index contributed by atoms with van der Waals surface area (Å²) in [6, 6.07) is 10.2. The van der Waals surface area contributed by atoms with E-state index in [9.17, 15) is 9.59 Å². The summed E-state index contributed by atoms with van der Waals surface area (Å²) < 4.78 is 4.94. The third kappa shape index (κ3) is 3.27. The van der Waals surface area contributed by atoms with Crippen LogP contribution in [0.15, 0.2) is 46.0 Å². The summed E-state index contributed by atoms with van der Waals surface area (Å²) in [5.74, 6) is -0.223. The Bertz CT molecular complexity index is 784. The summed E-state index contributed by atoms with van der Waals surface area (Å²) in [7, 11) is 0. The number of aryl methyl sites for hydroxylation is 1. The van der Waals surface area contributed by atoms with Crippen LogP contribution >= 0.6 is 0 Å². The monoisotopic (exact) mass is 327 g/mol. The van der Waals surface area contributed by atoms with Crippen LogP contribution in [0.1, 0.15) is 17.9 Å². The first-order valence-corrected chi connectivity index (χ1v) is 7.46. The van der Waals surface area contributed by atoms with Crippen LogP contribution in [0.25, 0.3) is 0 Å². The number of carbonyl (C=O) groups excluding carboxylic acids is 2. The Hall–Kier alpha value is -3.16. The number of nitrogens with one attached hydrogen (secondary N) is 1. The number of hydrogen-bond donors (Lipinski definition) is 2. The molecule has 0 saturated carbocycles. The standard InChI is InChI=1S/C16H17N5O3/c1-10-7-11(20-24-10)9-18-16(23)13-8-14(15(17)22)21(19-13)12-5-3-2-4-6-12/h2-7,14H,8-9H2,1H3,(H2,17,22)(H,18,23)/t14-/m1/s1. The normalized spacial score (nSPS) is 16.8. The van der Waals surface area contributed by atoms with Crippen molar-refractivity contribution in [1.29, 1.82) is 0 Å². The molecule has 2 amide bonds. The number of hydrogen-bond acceptors (Lipinski definition) is 6. The summed E-state index contributed by atoms with van der Waals surface area (Å²) >= 11 is 0. The second-order valence-corrected chi connectivity index (χ2v) is 5.46. The molecule has 1 atom stereocenters. The highest BCUT2D eigenvalue weighted by Gasteiger charge is 2.34. The summed E-state index contributed by atoms with van der Waals surface area (Å²) in [5.41, 5.74) is 7.02. The number of carbonyl (C=O) groups is 2. The Morgan fingerprint density at radius 1 is 1.38 bits per heavy atom. The molecule has 2 heterocycles. The van der Waals surface area contributed by atoms with E-state index in [4.69, 9.17) is 10.3 Å². The van der Waals surface area contributed by atoms with Crippen LogP contribution in [-0.2, 0) is 16.1 Å². The average Bonchev–Trinajstić information content (AvgIpc) is 3.20. The summed E-state index contributed by atoms with van der Waals surface area (Å²) in [5, 5.41) is 12.3. The number of anilines is 1. The number of rotatable bonds is 5. The van der Waals surface area contributed by atoms with Crippen molar-refractivity contribution in [1.82, 2.24) is 10.5 Å². The fourth-order valence-electron chi connectivity index (χ4n) is 2.46. The van der Waals surface area contributed by atoms with Crippen molar-refractivity contribution in [3.63, 3.8) is 0 Å². The van der Waals surface area contributed by atoms with Crippen LogP contribution in [-0.4, -0.2) is 28.7 Å². The van der Waals surface area contributed by atoms with E-state index in [0.29, 0.717) is 17.1 Å². The molecule has 8 nitrogen and oxygen atoms in total. The van der Waals surface area contributed by atoms with E-state index in [1.165, 1.54) is 5.01 Å². The van der Waals surface area contributed by atoms with Crippen molar-refractivity contribution in [2.24, 2.45) is 10.8 Å². The van der Waals surface area contributed by atoms with Crippen LogP contribution in [0.5, 0.6) is 0 Å². The van der Waals surface area contributed by atoms with Gasteiger partial charge in [-0.25, -0.2) is 0 Å². The van der Waals surface area contributed by atoms with E-state index in [-0.39, 0.29) is 24.6 Å². The first-order valence-electron chi connectivity index (χ1n) is 7.46. The maximum Gasteiger partial charge on any atom is 0.267 e. The number of amides is 2. The molecule has 3 N–H and O–H groups in total. The Kier molecular flexibility index (Phi) is 4.28. The molecule has 124 valence electrons. The van der Waals surface area contributed by atoms with Gasteiger partial charge < -0.3 is 15.6 Å². The van der Waals surface area contributed by atoms with Gasteiger partial charge in [0.25, 0.3) is 5.91 Å². The highest BCUT2D eigenvalue weighted by atomic mass is 16.5. The maximum atomic E-state index is 12.3. The van der Waals surface area contributed by atoms with Crippen LogP contribution in [0.3, 0.4) is 0 Å². The van der Waals surface area contributed by atoms with Gasteiger partial charge in [-0.05, 0) is 19.1 Å². The number of para-hydroxylation sites is 1. The molecule has 1 aliphatic rings. The smallest absolute Gasteiger partial charge is 0.267 e. The highest BCUT2D eigenvalue weighted by Crippen LogP contribution is 2.24. The van der Waals surface area contributed by atoms with E-state index in [0.717, 1.165) is 0 Å². The van der Waals surface area contributed by atoms with Crippen molar-refractivity contribution in [2.75, 3.05) is 5.01 Å². The van der Waals surface area contributed by atoms with Gasteiger partial charge >= 0.3 is 0 Å². The van der Waals surface area contributed by atoms with E-state index in [2.05, 4.69) is 15.6 Å². The zero-order valence-corrected chi connectivity index (χ0v) is 13.1. The van der Waals surface area contributed by atoms with Gasteiger partial charge in [0.15, 0.2) is 0 Å². The summed E-state index contributed by atoms with van der Waals surface area (Å²) in [4.78, 5) is 24.0. The predicted octanol–water partition coefficient (Wildman–Crippen LogP) is 0.719. The quantitative estimate of drug-likeness (QED) is 0.840. The minimum absolute atomic E-state index is 0.161. The van der Waals surface area contributed by atoms with Crippen molar-refractivity contribution in [2.45, 2.75) is 25.9 Å². The van der Waals surface area contributed by atoms with Gasteiger partial charge in [-0.1, -0.05) is 23.4 Å². The lowest BCUT2D eigenvalue weighted by Gasteiger charge is -2.20. The van der Waals surface area contributed by atoms with Gasteiger partial charge in [-0.15, -0.1) is 0 Å². The molecule has 1 aromatic carbocycles. The van der Waals surface area contributed by atoms with Crippen LogP contribution in [0.4, 0.5) is 5.69 Å². The minimum atomic E-state index is -0.678. The van der Waals surface area contributed by atoms with Gasteiger partial charge in [-0.3, -0.25) is 14.6 Å². The second-order valence-electron chi connectivity index (χ2n) is 5.46. The molecule has 1 aromatic heterocycles. The van der Waals surface area contributed by atoms with E-state index in [1.807, 2.05) is 18.2 Å². The van der Waals surface area contributed by atoms with Crippen LogP contribution < -0.4 is 16.1 Å². The Morgan fingerprint density at radius 3 is 2.75 bits per heavy atom. The first kappa shape index (κ1) is 15.7. The fourth-order valence-corrected chi connectivity index (χ4v) is 2.46. The molecule has 0 fully saturated rings. The number of aromatic nitrogens is 1. The minimum Gasteiger partial charge on any atom is -0.368 e. The molecule has 3 rings (SSSR count). The first-order chi connectivity index (χ1) is 11.5. The molecule has 0 bridgehead atoms. The third-order valence-corrected chi connectivity index (χ3v) is 3.63. The molecule has 0 aliphatic carbocycles. The van der Waals surface area contributed by atoms with Gasteiger partial charge in [0.1, 0.15) is 23.2 Å². The molecule has 0 radical (unpaired) electrons. The zero-order valence-electron chi connectivity index (χ0n) is 13.1. The number of nitrogens with zero attached hydrogens (tertiary/aromatic N) is 3. The lowest BCUT2D eigenvalue weighted by Crippen LogP contribution is -2.39. The molecule has 0 spiro atoms. The van der Waals surface area contributed by atoms with E-state index in [1.54, 1.807) is 25.1 Å². The third-order valence-electron chi connectivity index (χ3n) is 3.63. The largest absolute Gasteiger partial charge is 0.368 e. The zero-order chi connectivity index (χ0) is 17.1. The van der Waals surface area contributed by atoms with Crippen molar-refractivity contribution in [3.8, 4) is 0 Å². The number of nitrogens with two attached hydrogens (primary N) is 1.